The van der Waals surface area contributed by atoms with Gasteiger partial charge in [0.25, 0.3) is 11.8 Å². The SMILES string of the molecule is COc1cc(C(C)NC(=O)c2cc(C)nc(CC(=O)C(C)C)n2)cnc1OCC(F)(F)F. The van der Waals surface area contributed by atoms with Crippen LogP contribution in [0.3, 0.4) is 0 Å². The number of ether oxygens (including phenoxy) is 2. The average molecular weight is 454 g/mol. The van der Waals surface area contributed by atoms with Crippen LogP contribution in [0.5, 0.6) is 11.6 Å². The van der Waals surface area contributed by atoms with E-state index < -0.39 is 24.7 Å². The van der Waals surface area contributed by atoms with Crippen LogP contribution in [-0.2, 0) is 11.2 Å². The van der Waals surface area contributed by atoms with E-state index in [0.29, 0.717) is 11.3 Å². The van der Waals surface area contributed by atoms with E-state index in [1.807, 2.05) is 0 Å². The molecule has 11 heteroatoms. The van der Waals surface area contributed by atoms with Gasteiger partial charge < -0.3 is 14.8 Å². The highest BCUT2D eigenvalue weighted by molar-refractivity contribution is 5.92. The largest absolute Gasteiger partial charge is 0.491 e. The number of nitrogens with zero attached hydrogens (tertiary/aromatic N) is 3. The summed E-state index contributed by atoms with van der Waals surface area (Å²) < 4.78 is 46.9. The number of alkyl halides is 3. The van der Waals surface area contributed by atoms with Gasteiger partial charge in [-0.1, -0.05) is 13.8 Å². The number of rotatable bonds is 9. The number of carbonyl (C=O) groups excluding carboxylic acids is 2. The Kier molecular flexibility index (Phi) is 8.12. The van der Waals surface area contributed by atoms with Crippen molar-refractivity contribution >= 4 is 11.7 Å². The predicted octanol–water partition coefficient (Wildman–Crippen LogP) is 3.39. The maximum absolute atomic E-state index is 12.7. The Morgan fingerprint density at radius 1 is 1.16 bits per heavy atom. The summed E-state index contributed by atoms with van der Waals surface area (Å²) in [4.78, 5) is 37.0. The van der Waals surface area contributed by atoms with Gasteiger partial charge in [-0.25, -0.2) is 15.0 Å². The molecule has 0 fully saturated rings. The van der Waals surface area contributed by atoms with Crippen LogP contribution in [0.1, 0.15) is 54.4 Å². The normalized spacial score (nSPS) is 12.4. The molecule has 2 rings (SSSR count). The van der Waals surface area contributed by atoms with Gasteiger partial charge in [0, 0.05) is 17.8 Å². The Hall–Kier alpha value is -3.24. The van der Waals surface area contributed by atoms with E-state index in [9.17, 15) is 22.8 Å². The summed E-state index contributed by atoms with van der Waals surface area (Å²) in [6.45, 7) is 5.41. The fourth-order valence-electron chi connectivity index (χ4n) is 2.63. The first-order valence-electron chi connectivity index (χ1n) is 9.81. The van der Waals surface area contributed by atoms with Crippen molar-refractivity contribution in [2.45, 2.75) is 46.3 Å². The number of aromatic nitrogens is 3. The smallest absolute Gasteiger partial charge is 0.422 e. The molecule has 2 heterocycles. The lowest BCUT2D eigenvalue weighted by molar-refractivity contribution is -0.154. The second-order valence-corrected chi connectivity index (χ2v) is 7.48. The van der Waals surface area contributed by atoms with E-state index in [-0.39, 0.29) is 41.3 Å². The monoisotopic (exact) mass is 454 g/mol. The zero-order chi connectivity index (χ0) is 24.1. The molecule has 1 unspecified atom stereocenters. The molecule has 2 aromatic heterocycles. The molecular weight excluding hydrogens is 429 g/mol. The molecule has 32 heavy (non-hydrogen) atoms. The van der Waals surface area contributed by atoms with Gasteiger partial charge in [0.05, 0.1) is 19.6 Å². The van der Waals surface area contributed by atoms with Crippen molar-refractivity contribution in [2.75, 3.05) is 13.7 Å². The zero-order valence-electron chi connectivity index (χ0n) is 18.4. The molecular formula is C21H25F3N4O4. The van der Waals surface area contributed by atoms with Crippen molar-refractivity contribution in [1.82, 2.24) is 20.3 Å². The van der Waals surface area contributed by atoms with E-state index in [2.05, 4.69) is 25.0 Å². The van der Waals surface area contributed by atoms with Gasteiger partial charge in [-0.3, -0.25) is 9.59 Å². The highest BCUT2D eigenvalue weighted by Crippen LogP contribution is 2.29. The second-order valence-electron chi connectivity index (χ2n) is 7.48. The maximum Gasteiger partial charge on any atom is 0.422 e. The Labute approximate surface area is 183 Å². The fourth-order valence-corrected chi connectivity index (χ4v) is 2.63. The molecule has 0 bridgehead atoms. The number of Topliss-reactive ketones (excluding diaryl/α,β-unsaturated/α-hetero) is 1. The summed E-state index contributed by atoms with van der Waals surface area (Å²) >= 11 is 0. The minimum atomic E-state index is -4.51. The molecule has 0 spiro atoms. The van der Waals surface area contributed by atoms with Crippen molar-refractivity contribution in [3.8, 4) is 11.6 Å². The number of aryl methyl sites for hydroxylation is 1. The van der Waals surface area contributed by atoms with Crippen LogP contribution in [0.4, 0.5) is 13.2 Å². The van der Waals surface area contributed by atoms with Gasteiger partial charge in [0.1, 0.15) is 17.3 Å². The van der Waals surface area contributed by atoms with Crippen LogP contribution < -0.4 is 14.8 Å². The number of pyridine rings is 1. The van der Waals surface area contributed by atoms with Gasteiger partial charge in [-0.05, 0) is 31.5 Å². The minimum absolute atomic E-state index is 0.000198. The topological polar surface area (TPSA) is 103 Å². The number of hydrogen-bond acceptors (Lipinski definition) is 7. The van der Waals surface area contributed by atoms with E-state index in [4.69, 9.17) is 4.74 Å². The molecule has 0 aromatic carbocycles. The summed E-state index contributed by atoms with van der Waals surface area (Å²) in [6.07, 6.45) is -3.20. The van der Waals surface area contributed by atoms with Crippen LogP contribution in [0.2, 0.25) is 0 Å². The molecule has 0 aliphatic heterocycles. The third-order valence-electron chi connectivity index (χ3n) is 4.39. The molecule has 0 saturated heterocycles. The highest BCUT2D eigenvalue weighted by atomic mass is 19.4. The number of hydrogen-bond donors (Lipinski definition) is 1. The second kappa shape index (κ2) is 10.4. The first-order valence-corrected chi connectivity index (χ1v) is 9.81. The molecule has 2 aromatic rings. The van der Waals surface area contributed by atoms with Crippen LogP contribution >= 0.6 is 0 Å². The van der Waals surface area contributed by atoms with E-state index >= 15 is 0 Å². The molecule has 1 atom stereocenters. The number of ketones is 1. The Balaban J connectivity index is 2.15. The lowest BCUT2D eigenvalue weighted by Crippen LogP contribution is -2.28. The molecule has 1 amide bonds. The van der Waals surface area contributed by atoms with E-state index in [0.717, 1.165) is 0 Å². The van der Waals surface area contributed by atoms with Gasteiger partial charge in [0.2, 0.25) is 0 Å². The molecule has 0 aliphatic rings. The molecule has 0 saturated carbocycles. The van der Waals surface area contributed by atoms with Crippen molar-refractivity contribution in [1.29, 1.82) is 0 Å². The fraction of sp³-hybridized carbons (Fsp3) is 0.476. The number of carbonyl (C=O) groups is 2. The van der Waals surface area contributed by atoms with Gasteiger partial charge in [-0.15, -0.1) is 0 Å². The van der Waals surface area contributed by atoms with Crippen molar-refractivity contribution in [2.24, 2.45) is 5.92 Å². The van der Waals surface area contributed by atoms with E-state index in [1.165, 1.54) is 25.4 Å². The molecule has 174 valence electrons. The highest BCUT2D eigenvalue weighted by Gasteiger charge is 2.29. The molecule has 0 radical (unpaired) electrons. The lowest BCUT2D eigenvalue weighted by Gasteiger charge is -2.17. The van der Waals surface area contributed by atoms with Crippen LogP contribution in [-0.4, -0.2) is 46.5 Å². The van der Waals surface area contributed by atoms with Crippen molar-refractivity contribution in [3.05, 3.63) is 41.1 Å². The molecule has 0 aliphatic carbocycles. The third-order valence-corrected chi connectivity index (χ3v) is 4.39. The van der Waals surface area contributed by atoms with Crippen LogP contribution in [0, 0.1) is 12.8 Å². The van der Waals surface area contributed by atoms with Gasteiger partial charge in [-0.2, -0.15) is 13.2 Å². The summed E-state index contributed by atoms with van der Waals surface area (Å²) in [5.74, 6) is -0.768. The first kappa shape index (κ1) is 25.0. The van der Waals surface area contributed by atoms with Crippen molar-refractivity contribution < 1.29 is 32.2 Å². The number of halogens is 3. The third kappa shape index (κ3) is 7.17. The standard InChI is InChI=1S/C21H25F3N4O4/c1-11(2)16(29)8-18-26-12(3)6-15(28-18)19(30)27-13(4)14-7-17(31-5)20(25-9-14)32-10-21(22,23)24/h6-7,9,11,13H,8,10H2,1-5H3,(H,27,30). The Bertz CT molecular complexity index is 980. The average Bonchev–Trinajstić information content (AvgIpc) is 2.70. The van der Waals surface area contributed by atoms with Crippen LogP contribution in [0.15, 0.2) is 18.3 Å². The zero-order valence-corrected chi connectivity index (χ0v) is 18.4. The maximum atomic E-state index is 12.7. The lowest BCUT2D eigenvalue weighted by atomic mass is 10.1. The number of nitrogens with one attached hydrogen (secondary N) is 1. The summed E-state index contributed by atoms with van der Waals surface area (Å²) in [7, 11) is 1.27. The molecule has 8 nitrogen and oxygen atoms in total. The van der Waals surface area contributed by atoms with E-state index in [1.54, 1.807) is 27.7 Å². The predicted molar refractivity (Wildman–Crippen MR) is 109 cm³/mol. The minimum Gasteiger partial charge on any atom is -0.491 e. The first-order chi connectivity index (χ1) is 14.9. The quantitative estimate of drug-likeness (QED) is 0.619. The summed E-state index contributed by atoms with van der Waals surface area (Å²) in [6, 6.07) is 2.36. The Morgan fingerprint density at radius 3 is 2.44 bits per heavy atom. The Morgan fingerprint density at radius 2 is 1.84 bits per heavy atom. The summed E-state index contributed by atoms with van der Waals surface area (Å²) in [5, 5.41) is 2.74. The van der Waals surface area contributed by atoms with Gasteiger partial charge >= 0.3 is 6.18 Å². The number of amides is 1. The molecule has 1 N–H and O–H groups in total. The van der Waals surface area contributed by atoms with Gasteiger partial charge in [0.15, 0.2) is 12.4 Å². The van der Waals surface area contributed by atoms with Crippen LogP contribution in [0.25, 0.3) is 0 Å². The summed E-state index contributed by atoms with van der Waals surface area (Å²) in [5.41, 5.74) is 1.12. The van der Waals surface area contributed by atoms with Crippen molar-refractivity contribution in [3.63, 3.8) is 0 Å². The number of methoxy groups -OCH3 is 1.